The SMILES string of the molecule is C=C(C)CNCC(=O)NC1CCCCC1. The first-order valence-corrected chi connectivity index (χ1v) is 5.83. The number of hydrogen-bond donors (Lipinski definition) is 2. The van der Waals surface area contributed by atoms with Crippen LogP contribution in [0.1, 0.15) is 39.0 Å². The summed E-state index contributed by atoms with van der Waals surface area (Å²) in [6.45, 7) is 6.85. The van der Waals surface area contributed by atoms with Crippen molar-refractivity contribution in [3.8, 4) is 0 Å². The van der Waals surface area contributed by atoms with Crippen molar-refractivity contribution in [2.24, 2.45) is 0 Å². The normalized spacial score (nSPS) is 17.4. The van der Waals surface area contributed by atoms with E-state index in [0.717, 1.165) is 25.0 Å². The third kappa shape index (κ3) is 5.57. The molecule has 0 saturated heterocycles. The summed E-state index contributed by atoms with van der Waals surface area (Å²) in [5, 5.41) is 6.12. The van der Waals surface area contributed by atoms with Crippen LogP contribution in [0.5, 0.6) is 0 Å². The topological polar surface area (TPSA) is 41.1 Å². The highest BCUT2D eigenvalue weighted by atomic mass is 16.1. The van der Waals surface area contributed by atoms with E-state index in [4.69, 9.17) is 0 Å². The molecule has 0 heterocycles. The fraction of sp³-hybridized carbons (Fsp3) is 0.750. The largest absolute Gasteiger partial charge is 0.352 e. The van der Waals surface area contributed by atoms with Gasteiger partial charge in [-0.1, -0.05) is 31.4 Å². The molecule has 0 radical (unpaired) electrons. The summed E-state index contributed by atoms with van der Waals surface area (Å²) in [4.78, 5) is 11.5. The van der Waals surface area contributed by atoms with E-state index in [1.54, 1.807) is 0 Å². The van der Waals surface area contributed by atoms with Crippen LogP contribution in [0.15, 0.2) is 12.2 Å². The highest BCUT2D eigenvalue weighted by Gasteiger charge is 2.14. The molecule has 0 aliphatic heterocycles. The second-order valence-corrected chi connectivity index (χ2v) is 4.46. The van der Waals surface area contributed by atoms with Gasteiger partial charge in [0.1, 0.15) is 0 Å². The van der Waals surface area contributed by atoms with Crippen LogP contribution in [0, 0.1) is 0 Å². The monoisotopic (exact) mass is 210 g/mol. The van der Waals surface area contributed by atoms with Crippen molar-refractivity contribution in [3.63, 3.8) is 0 Å². The summed E-state index contributed by atoms with van der Waals surface area (Å²) in [6, 6.07) is 0.415. The van der Waals surface area contributed by atoms with Crippen molar-refractivity contribution >= 4 is 5.91 Å². The van der Waals surface area contributed by atoms with Crippen LogP contribution >= 0.6 is 0 Å². The summed E-state index contributed by atoms with van der Waals surface area (Å²) in [5.74, 6) is 0.114. The minimum Gasteiger partial charge on any atom is -0.352 e. The molecule has 1 aliphatic rings. The predicted octanol–water partition coefficient (Wildman–Crippen LogP) is 1.60. The highest BCUT2D eigenvalue weighted by molar-refractivity contribution is 5.78. The molecule has 1 aliphatic carbocycles. The van der Waals surface area contributed by atoms with Gasteiger partial charge in [-0.05, 0) is 19.8 Å². The lowest BCUT2D eigenvalue weighted by molar-refractivity contribution is -0.121. The van der Waals surface area contributed by atoms with Crippen molar-refractivity contribution in [1.29, 1.82) is 0 Å². The molecule has 1 amide bonds. The van der Waals surface area contributed by atoms with Crippen LogP contribution < -0.4 is 10.6 Å². The van der Waals surface area contributed by atoms with Gasteiger partial charge in [-0.25, -0.2) is 0 Å². The second kappa shape index (κ2) is 6.62. The number of rotatable bonds is 5. The Morgan fingerprint density at radius 3 is 2.53 bits per heavy atom. The van der Waals surface area contributed by atoms with E-state index >= 15 is 0 Å². The van der Waals surface area contributed by atoms with Gasteiger partial charge >= 0.3 is 0 Å². The molecule has 15 heavy (non-hydrogen) atoms. The molecular formula is C12H22N2O. The van der Waals surface area contributed by atoms with Gasteiger partial charge in [0, 0.05) is 12.6 Å². The zero-order valence-corrected chi connectivity index (χ0v) is 9.64. The average Bonchev–Trinajstić information content (AvgIpc) is 2.18. The Labute approximate surface area is 92.3 Å². The van der Waals surface area contributed by atoms with E-state index in [-0.39, 0.29) is 5.91 Å². The van der Waals surface area contributed by atoms with Crippen LogP contribution in [0.4, 0.5) is 0 Å². The Morgan fingerprint density at radius 2 is 1.93 bits per heavy atom. The minimum atomic E-state index is 0.114. The molecule has 0 bridgehead atoms. The predicted molar refractivity (Wildman–Crippen MR) is 62.7 cm³/mol. The van der Waals surface area contributed by atoms with Crippen molar-refractivity contribution in [2.75, 3.05) is 13.1 Å². The molecule has 0 aromatic carbocycles. The van der Waals surface area contributed by atoms with Crippen LogP contribution in [0.2, 0.25) is 0 Å². The fourth-order valence-corrected chi connectivity index (χ4v) is 1.92. The lowest BCUT2D eigenvalue weighted by Crippen LogP contribution is -2.41. The fourth-order valence-electron chi connectivity index (χ4n) is 1.92. The number of carbonyl (C=O) groups is 1. The second-order valence-electron chi connectivity index (χ2n) is 4.46. The van der Waals surface area contributed by atoms with Gasteiger partial charge in [-0.2, -0.15) is 0 Å². The molecule has 2 N–H and O–H groups in total. The zero-order chi connectivity index (χ0) is 11.1. The molecule has 3 heteroatoms. The first kappa shape index (κ1) is 12.2. The quantitative estimate of drug-likeness (QED) is 0.677. The molecule has 0 spiro atoms. The van der Waals surface area contributed by atoms with E-state index in [9.17, 15) is 4.79 Å². The van der Waals surface area contributed by atoms with Crippen molar-refractivity contribution < 1.29 is 4.79 Å². The summed E-state index contributed by atoms with van der Waals surface area (Å²) in [5.41, 5.74) is 1.06. The Bertz CT molecular complexity index is 220. The van der Waals surface area contributed by atoms with Crippen LogP contribution in [0.3, 0.4) is 0 Å². The molecule has 0 aromatic rings. The van der Waals surface area contributed by atoms with Crippen molar-refractivity contribution in [2.45, 2.75) is 45.1 Å². The Balaban J connectivity index is 2.09. The van der Waals surface area contributed by atoms with Gasteiger partial charge in [0.15, 0.2) is 0 Å². The van der Waals surface area contributed by atoms with Crippen molar-refractivity contribution in [3.05, 3.63) is 12.2 Å². The van der Waals surface area contributed by atoms with Gasteiger partial charge in [-0.15, -0.1) is 0 Å². The lowest BCUT2D eigenvalue weighted by atomic mass is 9.95. The molecule has 0 atom stereocenters. The smallest absolute Gasteiger partial charge is 0.234 e. The maximum atomic E-state index is 11.5. The molecular weight excluding hydrogens is 188 g/mol. The van der Waals surface area contributed by atoms with E-state index in [0.29, 0.717) is 12.6 Å². The van der Waals surface area contributed by atoms with Crippen LogP contribution in [-0.2, 0) is 4.79 Å². The van der Waals surface area contributed by atoms with E-state index in [1.807, 2.05) is 6.92 Å². The third-order valence-electron chi connectivity index (χ3n) is 2.68. The Hall–Kier alpha value is -0.830. The van der Waals surface area contributed by atoms with Gasteiger partial charge in [0.05, 0.1) is 6.54 Å². The maximum Gasteiger partial charge on any atom is 0.234 e. The van der Waals surface area contributed by atoms with E-state index in [2.05, 4.69) is 17.2 Å². The number of amides is 1. The Morgan fingerprint density at radius 1 is 1.27 bits per heavy atom. The standard InChI is InChI=1S/C12H22N2O/c1-10(2)8-13-9-12(15)14-11-6-4-3-5-7-11/h11,13H,1,3-9H2,2H3,(H,14,15). The summed E-state index contributed by atoms with van der Waals surface area (Å²) in [6.07, 6.45) is 6.12. The molecule has 3 nitrogen and oxygen atoms in total. The molecule has 86 valence electrons. The number of hydrogen-bond acceptors (Lipinski definition) is 2. The summed E-state index contributed by atoms with van der Waals surface area (Å²) in [7, 11) is 0. The first-order chi connectivity index (χ1) is 7.18. The minimum absolute atomic E-state index is 0.114. The van der Waals surface area contributed by atoms with E-state index < -0.39 is 0 Å². The molecule has 1 rings (SSSR count). The lowest BCUT2D eigenvalue weighted by Gasteiger charge is -2.22. The number of nitrogens with one attached hydrogen (secondary N) is 2. The van der Waals surface area contributed by atoms with Crippen LogP contribution in [0.25, 0.3) is 0 Å². The highest BCUT2D eigenvalue weighted by Crippen LogP contribution is 2.16. The zero-order valence-electron chi connectivity index (χ0n) is 9.64. The van der Waals surface area contributed by atoms with Gasteiger partial charge in [0.25, 0.3) is 0 Å². The molecule has 1 saturated carbocycles. The van der Waals surface area contributed by atoms with Crippen LogP contribution in [-0.4, -0.2) is 25.0 Å². The molecule has 0 aromatic heterocycles. The third-order valence-corrected chi connectivity index (χ3v) is 2.68. The van der Waals surface area contributed by atoms with Gasteiger partial charge in [0.2, 0.25) is 5.91 Å². The van der Waals surface area contributed by atoms with Crippen molar-refractivity contribution in [1.82, 2.24) is 10.6 Å². The van der Waals surface area contributed by atoms with Gasteiger partial charge < -0.3 is 10.6 Å². The average molecular weight is 210 g/mol. The molecule has 0 unspecified atom stereocenters. The van der Waals surface area contributed by atoms with E-state index in [1.165, 1.54) is 19.3 Å². The molecule has 1 fully saturated rings. The first-order valence-electron chi connectivity index (χ1n) is 5.83. The summed E-state index contributed by atoms with van der Waals surface area (Å²) >= 11 is 0. The van der Waals surface area contributed by atoms with Gasteiger partial charge in [-0.3, -0.25) is 4.79 Å². The number of carbonyl (C=O) groups excluding carboxylic acids is 1. The maximum absolute atomic E-state index is 11.5. The Kier molecular flexibility index (Phi) is 5.40. The summed E-state index contributed by atoms with van der Waals surface area (Å²) < 4.78 is 0.